The maximum atomic E-state index is 8.99. The summed E-state index contributed by atoms with van der Waals surface area (Å²) in [4.78, 5) is 12.8. The van der Waals surface area contributed by atoms with E-state index >= 15 is 0 Å². The van der Waals surface area contributed by atoms with E-state index in [2.05, 4.69) is 15.0 Å². The van der Waals surface area contributed by atoms with Crippen LogP contribution in [-0.4, -0.2) is 20.1 Å². The van der Waals surface area contributed by atoms with Crippen molar-refractivity contribution in [3.05, 3.63) is 41.7 Å². The summed E-state index contributed by atoms with van der Waals surface area (Å²) in [5.74, 6) is 0. The monoisotopic (exact) mass is 243 g/mol. The van der Waals surface area contributed by atoms with Crippen LogP contribution in [0.5, 0.6) is 0 Å². The van der Waals surface area contributed by atoms with Gasteiger partial charge in [-0.05, 0) is 18.2 Å². The van der Waals surface area contributed by atoms with E-state index in [1.165, 1.54) is 11.3 Å². The van der Waals surface area contributed by atoms with E-state index in [9.17, 15) is 0 Å². The summed E-state index contributed by atoms with van der Waals surface area (Å²) < 4.78 is 0. The molecule has 0 spiro atoms. The van der Waals surface area contributed by atoms with Crippen LogP contribution in [0.25, 0.3) is 21.6 Å². The van der Waals surface area contributed by atoms with Gasteiger partial charge in [-0.1, -0.05) is 0 Å². The molecule has 0 aliphatic rings. The lowest BCUT2D eigenvalue weighted by Gasteiger charge is -1.98. The fourth-order valence-electron chi connectivity index (χ4n) is 1.61. The Bertz CT molecular complexity index is 665. The van der Waals surface area contributed by atoms with Gasteiger partial charge in [0.2, 0.25) is 0 Å². The van der Waals surface area contributed by atoms with E-state index in [0.29, 0.717) is 5.69 Å². The number of benzene rings is 1. The van der Waals surface area contributed by atoms with E-state index in [0.717, 1.165) is 21.6 Å². The highest BCUT2D eigenvalue weighted by Gasteiger charge is 2.05. The highest BCUT2D eigenvalue weighted by molar-refractivity contribution is 7.13. The van der Waals surface area contributed by atoms with Gasteiger partial charge in [0.15, 0.2) is 0 Å². The van der Waals surface area contributed by atoms with Crippen molar-refractivity contribution in [2.45, 2.75) is 6.61 Å². The molecule has 17 heavy (non-hydrogen) atoms. The number of rotatable bonds is 2. The summed E-state index contributed by atoms with van der Waals surface area (Å²) in [7, 11) is 0. The molecule has 3 rings (SSSR count). The molecule has 0 amide bonds. The molecular formula is C12H9N3OS. The van der Waals surface area contributed by atoms with Crippen molar-refractivity contribution in [3.8, 4) is 10.6 Å². The first-order chi connectivity index (χ1) is 8.36. The van der Waals surface area contributed by atoms with Gasteiger partial charge in [0.1, 0.15) is 5.01 Å². The molecule has 0 radical (unpaired) electrons. The summed E-state index contributed by atoms with van der Waals surface area (Å²) >= 11 is 1.52. The number of nitrogens with zero attached hydrogens (tertiary/aromatic N) is 3. The largest absolute Gasteiger partial charge is 0.390 e. The van der Waals surface area contributed by atoms with Crippen LogP contribution in [-0.2, 0) is 6.61 Å². The highest BCUT2D eigenvalue weighted by atomic mass is 32.1. The molecule has 0 saturated heterocycles. The normalized spacial score (nSPS) is 10.9. The third-order valence-electron chi connectivity index (χ3n) is 2.43. The predicted molar refractivity (Wildman–Crippen MR) is 66.6 cm³/mol. The molecule has 0 bridgehead atoms. The van der Waals surface area contributed by atoms with Gasteiger partial charge in [-0.25, -0.2) is 4.98 Å². The molecule has 0 unspecified atom stereocenters. The second-order valence-corrected chi connectivity index (χ2v) is 4.42. The van der Waals surface area contributed by atoms with Crippen LogP contribution >= 0.6 is 11.3 Å². The van der Waals surface area contributed by atoms with Crippen molar-refractivity contribution >= 4 is 22.4 Å². The maximum absolute atomic E-state index is 8.99. The van der Waals surface area contributed by atoms with Crippen molar-refractivity contribution in [3.63, 3.8) is 0 Å². The SMILES string of the molecule is OCc1csc(-c2ccc3nccnc3c2)n1. The zero-order valence-corrected chi connectivity index (χ0v) is 9.68. The van der Waals surface area contributed by atoms with Gasteiger partial charge in [0, 0.05) is 23.3 Å². The first kappa shape index (κ1) is 10.3. The van der Waals surface area contributed by atoms with Crippen LogP contribution in [0.1, 0.15) is 5.69 Å². The Kier molecular flexibility index (Phi) is 2.55. The van der Waals surface area contributed by atoms with Gasteiger partial charge in [-0.3, -0.25) is 9.97 Å². The molecule has 3 aromatic rings. The van der Waals surface area contributed by atoms with Gasteiger partial charge in [-0.2, -0.15) is 0 Å². The van der Waals surface area contributed by atoms with E-state index in [4.69, 9.17) is 5.11 Å². The third kappa shape index (κ3) is 1.90. The highest BCUT2D eigenvalue weighted by Crippen LogP contribution is 2.25. The van der Waals surface area contributed by atoms with Gasteiger partial charge in [0.25, 0.3) is 0 Å². The number of thiazole rings is 1. The lowest BCUT2D eigenvalue weighted by molar-refractivity contribution is 0.278. The lowest BCUT2D eigenvalue weighted by Crippen LogP contribution is -1.85. The predicted octanol–water partition coefficient (Wildman–Crippen LogP) is 2.25. The molecule has 0 saturated carbocycles. The summed E-state index contributed by atoms with van der Waals surface area (Å²) in [5, 5.41) is 11.7. The molecule has 4 nitrogen and oxygen atoms in total. The summed E-state index contributed by atoms with van der Waals surface area (Å²) in [6.07, 6.45) is 3.35. The summed E-state index contributed by atoms with van der Waals surface area (Å²) in [6.45, 7) is -0.0239. The maximum Gasteiger partial charge on any atom is 0.123 e. The minimum atomic E-state index is -0.0239. The molecule has 5 heteroatoms. The molecule has 0 aliphatic heterocycles. The Hall–Kier alpha value is -1.85. The fraction of sp³-hybridized carbons (Fsp3) is 0.0833. The fourth-order valence-corrected chi connectivity index (χ4v) is 2.42. The Labute approximate surface area is 102 Å². The van der Waals surface area contributed by atoms with Crippen molar-refractivity contribution in [1.29, 1.82) is 0 Å². The third-order valence-corrected chi connectivity index (χ3v) is 3.37. The first-order valence-corrected chi connectivity index (χ1v) is 6.01. The van der Waals surface area contributed by atoms with Crippen LogP contribution in [0.15, 0.2) is 36.0 Å². The van der Waals surface area contributed by atoms with Gasteiger partial charge in [-0.15, -0.1) is 11.3 Å². The quantitative estimate of drug-likeness (QED) is 0.750. The summed E-state index contributed by atoms with van der Waals surface area (Å²) in [5.41, 5.74) is 3.42. The number of aliphatic hydroxyl groups is 1. The summed E-state index contributed by atoms with van der Waals surface area (Å²) in [6, 6.07) is 5.86. The molecule has 2 aromatic heterocycles. The standard InChI is InChI=1S/C12H9N3OS/c16-6-9-7-17-12(15-9)8-1-2-10-11(5-8)14-4-3-13-10/h1-5,7,16H,6H2. The first-order valence-electron chi connectivity index (χ1n) is 5.13. The van der Waals surface area contributed by atoms with Crippen LogP contribution in [0.3, 0.4) is 0 Å². The molecule has 1 aromatic carbocycles. The van der Waals surface area contributed by atoms with E-state index in [-0.39, 0.29) is 6.61 Å². The Morgan fingerprint density at radius 1 is 1.12 bits per heavy atom. The topological polar surface area (TPSA) is 58.9 Å². The second kappa shape index (κ2) is 4.20. The molecule has 84 valence electrons. The average Bonchev–Trinajstić information content (AvgIpc) is 2.87. The molecule has 0 atom stereocenters. The smallest absolute Gasteiger partial charge is 0.123 e. The number of aliphatic hydroxyl groups excluding tert-OH is 1. The molecule has 2 heterocycles. The zero-order chi connectivity index (χ0) is 11.7. The second-order valence-electron chi connectivity index (χ2n) is 3.56. The van der Waals surface area contributed by atoms with Crippen molar-refractivity contribution in [2.24, 2.45) is 0 Å². The Balaban J connectivity index is 2.11. The Morgan fingerprint density at radius 3 is 2.71 bits per heavy atom. The number of hydrogen-bond acceptors (Lipinski definition) is 5. The van der Waals surface area contributed by atoms with Gasteiger partial charge < -0.3 is 5.11 Å². The number of hydrogen-bond donors (Lipinski definition) is 1. The number of aromatic nitrogens is 3. The van der Waals surface area contributed by atoms with Crippen LogP contribution in [0, 0.1) is 0 Å². The van der Waals surface area contributed by atoms with Crippen LogP contribution < -0.4 is 0 Å². The van der Waals surface area contributed by atoms with Gasteiger partial charge in [0.05, 0.1) is 23.3 Å². The minimum absolute atomic E-state index is 0.0239. The van der Waals surface area contributed by atoms with Crippen LogP contribution in [0.2, 0.25) is 0 Å². The number of fused-ring (bicyclic) bond motifs is 1. The zero-order valence-electron chi connectivity index (χ0n) is 8.87. The van der Waals surface area contributed by atoms with E-state index < -0.39 is 0 Å². The van der Waals surface area contributed by atoms with Crippen molar-refractivity contribution in [2.75, 3.05) is 0 Å². The molecule has 0 aliphatic carbocycles. The lowest BCUT2D eigenvalue weighted by atomic mass is 10.2. The van der Waals surface area contributed by atoms with E-state index in [1.807, 2.05) is 23.6 Å². The van der Waals surface area contributed by atoms with Crippen molar-refractivity contribution in [1.82, 2.24) is 15.0 Å². The van der Waals surface area contributed by atoms with Crippen LogP contribution in [0.4, 0.5) is 0 Å². The molecular weight excluding hydrogens is 234 g/mol. The average molecular weight is 243 g/mol. The van der Waals surface area contributed by atoms with Crippen molar-refractivity contribution < 1.29 is 5.11 Å². The molecule has 0 fully saturated rings. The van der Waals surface area contributed by atoms with Gasteiger partial charge >= 0.3 is 0 Å². The van der Waals surface area contributed by atoms with E-state index in [1.54, 1.807) is 12.4 Å². The Morgan fingerprint density at radius 2 is 1.94 bits per heavy atom. The molecule has 1 N–H and O–H groups in total. The minimum Gasteiger partial charge on any atom is -0.390 e.